The van der Waals surface area contributed by atoms with Gasteiger partial charge in [0.1, 0.15) is 0 Å². The van der Waals surface area contributed by atoms with Gasteiger partial charge in [-0.25, -0.2) is 4.98 Å². The average molecular weight is 457 g/mol. The number of thiazole rings is 1. The molecule has 0 unspecified atom stereocenters. The van der Waals surface area contributed by atoms with Crippen LogP contribution in [0.25, 0.3) is 11.3 Å². The largest absolute Gasteiger partial charge is 0.356 e. The third-order valence-electron chi connectivity index (χ3n) is 4.35. The van der Waals surface area contributed by atoms with Crippen LogP contribution in [0.2, 0.25) is 0 Å². The lowest BCUT2D eigenvalue weighted by Crippen LogP contribution is -2.26. The number of benzene rings is 2. The lowest BCUT2D eigenvalue weighted by atomic mass is 10.1. The number of rotatable bonds is 8. The number of halogens is 1. The molecule has 28 heavy (non-hydrogen) atoms. The zero-order valence-corrected chi connectivity index (χ0v) is 18.0. The number of hydrogen-bond acceptors (Lipinski definition) is 4. The highest BCUT2D eigenvalue weighted by atomic mass is 79.9. The van der Waals surface area contributed by atoms with Gasteiger partial charge in [0.15, 0.2) is 5.78 Å². The molecule has 4 nitrogen and oxygen atoms in total. The average Bonchev–Trinajstić information content (AvgIpc) is 3.13. The fraction of sp³-hybridized carbons (Fsp3) is 0.227. The van der Waals surface area contributed by atoms with E-state index in [0.717, 1.165) is 32.7 Å². The van der Waals surface area contributed by atoms with E-state index in [4.69, 9.17) is 0 Å². The fourth-order valence-corrected chi connectivity index (χ4v) is 3.67. The molecular weight excluding hydrogens is 436 g/mol. The zero-order chi connectivity index (χ0) is 19.9. The summed E-state index contributed by atoms with van der Waals surface area (Å²) in [6.45, 7) is 2.55. The molecule has 0 aliphatic rings. The minimum atomic E-state index is -0.0972. The first-order chi connectivity index (χ1) is 13.5. The second-order valence-corrected chi connectivity index (χ2v) is 8.46. The zero-order valence-electron chi connectivity index (χ0n) is 15.6. The Morgan fingerprint density at radius 1 is 1.04 bits per heavy atom. The summed E-state index contributed by atoms with van der Waals surface area (Å²) in [6, 6.07) is 15.4. The van der Waals surface area contributed by atoms with Crippen LogP contribution >= 0.6 is 27.3 Å². The first-order valence-electron chi connectivity index (χ1n) is 9.08. The Morgan fingerprint density at radius 3 is 2.39 bits per heavy atom. The van der Waals surface area contributed by atoms with Crippen LogP contribution in [0.4, 0.5) is 0 Å². The van der Waals surface area contributed by atoms with Gasteiger partial charge in [-0.3, -0.25) is 9.59 Å². The van der Waals surface area contributed by atoms with E-state index in [9.17, 15) is 9.59 Å². The molecule has 3 aromatic rings. The predicted molar refractivity (Wildman–Crippen MR) is 117 cm³/mol. The highest BCUT2D eigenvalue weighted by Crippen LogP contribution is 2.21. The van der Waals surface area contributed by atoms with E-state index < -0.39 is 0 Å². The predicted octanol–water partition coefficient (Wildman–Crippen LogP) is 5.20. The summed E-state index contributed by atoms with van der Waals surface area (Å²) in [4.78, 5) is 28.6. The van der Waals surface area contributed by atoms with Crippen LogP contribution in [0.1, 0.15) is 33.8 Å². The van der Waals surface area contributed by atoms with Gasteiger partial charge in [0.05, 0.1) is 10.7 Å². The molecule has 1 amide bonds. The summed E-state index contributed by atoms with van der Waals surface area (Å²) >= 11 is 4.98. The van der Waals surface area contributed by atoms with Gasteiger partial charge >= 0.3 is 0 Å². The van der Waals surface area contributed by atoms with Crippen molar-refractivity contribution in [2.24, 2.45) is 0 Å². The van der Waals surface area contributed by atoms with Crippen molar-refractivity contribution in [3.05, 3.63) is 74.5 Å². The molecule has 1 aromatic heterocycles. The van der Waals surface area contributed by atoms with E-state index in [1.54, 1.807) is 23.5 Å². The highest BCUT2D eigenvalue weighted by Gasteiger charge is 2.09. The Kier molecular flexibility index (Phi) is 7.12. The number of Topliss-reactive ketones (excluding diaryl/α,β-unsaturated/α-hetero) is 1. The number of ketones is 1. The second kappa shape index (κ2) is 9.75. The fourth-order valence-electron chi connectivity index (χ4n) is 2.78. The SMILES string of the molecule is Cc1nc(-c2ccc(CCNC(=O)CCC(=O)c3ccc(Br)cc3)cc2)cs1. The highest BCUT2D eigenvalue weighted by molar-refractivity contribution is 9.10. The molecule has 1 N–H and O–H groups in total. The van der Waals surface area contributed by atoms with Gasteiger partial charge in [-0.2, -0.15) is 0 Å². The maximum atomic E-state index is 12.1. The summed E-state index contributed by atoms with van der Waals surface area (Å²) in [5.41, 5.74) is 3.88. The molecule has 1 heterocycles. The van der Waals surface area contributed by atoms with E-state index in [1.165, 1.54) is 0 Å². The first kappa shape index (κ1) is 20.4. The Bertz CT molecular complexity index is 949. The molecule has 144 valence electrons. The van der Waals surface area contributed by atoms with E-state index in [-0.39, 0.29) is 24.5 Å². The van der Waals surface area contributed by atoms with Gasteiger partial charge in [0.25, 0.3) is 0 Å². The molecule has 0 aliphatic heterocycles. The summed E-state index contributed by atoms with van der Waals surface area (Å²) in [7, 11) is 0. The number of aromatic nitrogens is 1. The van der Waals surface area contributed by atoms with Crippen LogP contribution < -0.4 is 5.32 Å². The normalized spacial score (nSPS) is 10.6. The van der Waals surface area contributed by atoms with E-state index in [2.05, 4.69) is 55.9 Å². The van der Waals surface area contributed by atoms with E-state index in [1.807, 2.05) is 19.1 Å². The van der Waals surface area contributed by atoms with Crippen molar-refractivity contribution in [3.8, 4) is 11.3 Å². The number of carbonyl (C=O) groups excluding carboxylic acids is 2. The van der Waals surface area contributed by atoms with Crippen LogP contribution in [-0.2, 0) is 11.2 Å². The first-order valence-corrected chi connectivity index (χ1v) is 10.8. The van der Waals surface area contributed by atoms with E-state index >= 15 is 0 Å². The Hall–Kier alpha value is -2.31. The van der Waals surface area contributed by atoms with Gasteiger partial charge in [0.2, 0.25) is 5.91 Å². The lowest BCUT2D eigenvalue weighted by molar-refractivity contribution is -0.121. The standard InChI is InChI=1S/C22H21BrN2O2S/c1-15-25-20(14-28-15)17-4-2-16(3-5-17)12-13-24-22(27)11-10-21(26)18-6-8-19(23)9-7-18/h2-9,14H,10-13H2,1H3,(H,24,27). The minimum absolute atomic E-state index is 0.0180. The van der Waals surface area contributed by atoms with Crippen molar-refractivity contribution in [2.45, 2.75) is 26.2 Å². The maximum Gasteiger partial charge on any atom is 0.220 e. The number of amides is 1. The van der Waals surface area contributed by atoms with Crippen molar-refractivity contribution in [1.29, 1.82) is 0 Å². The third-order valence-corrected chi connectivity index (χ3v) is 5.65. The van der Waals surface area contributed by atoms with Crippen LogP contribution in [0.3, 0.4) is 0 Å². The Balaban J connectivity index is 1.40. The molecule has 0 spiro atoms. The second-order valence-electron chi connectivity index (χ2n) is 6.48. The summed E-state index contributed by atoms with van der Waals surface area (Å²) in [5.74, 6) is -0.115. The van der Waals surface area contributed by atoms with Crippen molar-refractivity contribution >= 4 is 39.0 Å². The van der Waals surface area contributed by atoms with Gasteiger partial charge in [0, 0.05) is 40.4 Å². The lowest BCUT2D eigenvalue weighted by Gasteiger charge is -2.06. The van der Waals surface area contributed by atoms with Crippen LogP contribution in [0, 0.1) is 6.92 Å². The monoisotopic (exact) mass is 456 g/mol. The molecule has 0 saturated heterocycles. The van der Waals surface area contributed by atoms with Crippen molar-refractivity contribution in [1.82, 2.24) is 10.3 Å². The molecule has 0 fully saturated rings. The van der Waals surface area contributed by atoms with Gasteiger partial charge in [-0.1, -0.05) is 52.3 Å². The molecule has 3 rings (SSSR count). The van der Waals surface area contributed by atoms with Gasteiger partial charge in [-0.05, 0) is 31.0 Å². The number of nitrogens with zero attached hydrogens (tertiary/aromatic N) is 1. The molecule has 0 bridgehead atoms. The number of hydrogen-bond donors (Lipinski definition) is 1. The number of carbonyl (C=O) groups is 2. The molecule has 6 heteroatoms. The third kappa shape index (κ3) is 5.84. The molecule has 2 aromatic carbocycles. The topological polar surface area (TPSA) is 59.1 Å². The van der Waals surface area contributed by atoms with E-state index in [0.29, 0.717) is 12.1 Å². The maximum absolute atomic E-state index is 12.1. The molecule has 0 aliphatic carbocycles. The van der Waals surface area contributed by atoms with Crippen LogP contribution in [0.15, 0.2) is 58.4 Å². The van der Waals surface area contributed by atoms with Gasteiger partial charge in [-0.15, -0.1) is 11.3 Å². The van der Waals surface area contributed by atoms with Crippen molar-refractivity contribution in [2.75, 3.05) is 6.54 Å². The summed E-state index contributed by atoms with van der Waals surface area (Å²) < 4.78 is 0.927. The number of aryl methyl sites for hydroxylation is 1. The molecule has 0 saturated carbocycles. The molecular formula is C22H21BrN2O2S. The molecule has 0 radical (unpaired) electrons. The molecule has 0 atom stereocenters. The Morgan fingerprint density at radius 2 is 1.75 bits per heavy atom. The summed E-state index contributed by atoms with van der Waals surface area (Å²) in [6.07, 6.45) is 1.18. The smallest absolute Gasteiger partial charge is 0.220 e. The number of nitrogens with one attached hydrogen (secondary N) is 1. The van der Waals surface area contributed by atoms with Crippen LogP contribution in [0.5, 0.6) is 0 Å². The van der Waals surface area contributed by atoms with Crippen molar-refractivity contribution < 1.29 is 9.59 Å². The van der Waals surface area contributed by atoms with Crippen LogP contribution in [-0.4, -0.2) is 23.2 Å². The van der Waals surface area contributed by atoms with Gasteiger partial charge < -0.3 is 5.32 Å². The van der Waals surface area contributed by atoms with Crippen molar-refractivity contribution in [3.63, 3.8) is 0 Å². The minimum Gasteiger partial charge on any atom is -0.356 e. The summed E-state index contributed by atoms with van der Waals surface area (Å²) in [5, 5.41) is 6.00. The Labute approximate surface area is 177 Å². The quantitative estimate of drug-likeness (QED) is 0.473.